The van der Waals surface area contributed by atoms with Crippen LogP contribution in [0.3, 0.4) is 0 Å². The number of aromatic nitrogens is 1. The molecule has 2 rings (SSSR count). The number of nitrogen functional groups attached to an aromatic ring is 1. The number of likely N-dealkylation sites (N-methyl/N-ethyl adjacent to an activating group) is 1. The molecule has 0 aromatic carbocycles. The van der Waals surface area contributed by atoms with Gasteiger partial charge < -0.3 is 15.6 Å². The molecule has 104 valence electrons. The highest BCUT2D eigenvalue weighted by Gasteiger charge is 2.25. The van der Waals surface area contributed by atoms with Crippen LogP contribution in [-0.4, -0.2) is 41.0 Å². The van der Waals surface area contributed by atoms with Gasteiger partial charge in [0.1, 0.15) is 5.82 Å². The minimum Gasteiger partial charge on any atom is -0.363 e. The lowest BCUT2D eigenvalue weighted by molar-refractivity contribution is -0.384. The number of nitrogens with one attached hydrogen (secondary N) is 2. The maximum atomic E-state index is 10.9. The molecule has 0 saturated heterocycles. The van der Waals surface area contributed by atoms with E-state index < -0.39 is 4.92 Å². The fraction of sp³-hybridized carbons (Fsp3) is 0.545. The van der Waals surface area contributed by atoms with Gasteiger partial charge in [0.25, 0.3) is 0 Å². The fourth-order valence-electron chi connectivity index (χ4n) is 1.86. The summed E-state index contributed by atoms with van der Waals surface area (Å²) in [5.74, 6) is 5.88. The van der Waals surface area contributed by atoms with E-state index in [0.717, 1.165) is 6.54 Å². The first-order chi connectivity index (χ1) is 9.11. The molecule has 0 amide bonds. The van der Waals surface area contributed by atoms with E-state index in [0.29, 0.717) is 18.4 Å². The third-order valence-electron chi connectivity index (χ3n) is 3.15. The lowest BCUT2D eigenvalue weighted by Gasteiger charge is -2.16. The molecule has 1 fully saturated rings. The summed E-state index contributed by atoms with van der Waals surface area (Å²) in [6, 6.07) is 3.52. The van der Waals surface area contributed by atoms with E-state index in [1.807, 2.05) is 0 Å². The van der Waals surface area contributed by atoms with Crippen molar-refractivity contribution < 1.29 is 4.92 Å². The number of nitrogens with zero attached hydrogens (tertiary/aromatic N) is 3. The second kappa shape index (κ2) is 5.81. The van der Waals surface area contributed by atoms with Gasteiger partial charge in [0, 0.05) is 25.2 Å². The number of nitrogens with two attached hydrogens (primary N) is 1. The van der Waals surface area contributed by atoms with Gasteiger partial charge in [-0.3, -0.25) is 10.1 Å². The summed E-state index contributed by atoms with van der Waals surface area (Å²) in [5.41, 5.74) is 2.33. The van der Waals surface area contributed by atoms with Gasteiger partial charge in [-0.1, -0.05) is 0 Å². The lowest BCUT2D eigenvalue weighted by Crippen LogP contribution is -2.27. The molecule has 0 unspecified atom stereocenters. The molecule has 1 aromatic heterocycles. The Bertz CT molecular complexity index is 462. The summed E-state index contributed by atoms with van der Waals surface area (Å²) in [6.07, 6.45) is 2.48. The minimum atomic E-state index is -0.458. The zero-order valence-corrected chi connectivity index (χ0v) is 10.8. The first-order valence-corrected chi connectivity index (χ1v) is 6.18. The number of rotatable bonds is 7. The predicted molar refractivity (Wildman–Crippen MR) is 72.8 cm³/mol. The molecule has 0 aliphatic heterocycles. The minimum absolute atomic E-state index is 0.0481. The van der Waals surface area contributed by atoms with Gasteiger partial charge in [0.15, 0.2) is 0 Å². The molecule has 1 aliphatic rings. The highest BCUT2D eigenvalue weighted by atomic mass is 16.6. The topological polar surface area (TPSA) is 109 Å². The molecule has 0 spiro atoms. The second-order valence-corrected chi connectivity index (χ2v) is 4.60. The zero-order valence-electron chi connectivity index (χ0n) is 10.8. The van der Waals surface area contributed by atoms with Gasteiger partial charge in [0.2, 0.25) is 5.82 Å². The Labute approximate surface area is 111 Å². The molecule has 0 atom stereocenters. The van der Waals surface area contributed by atoms with Crippen LogP contribution in [-0.2, 0) is 0 Å². The molecular weight excluding hydrogens is 248 g/mol. The van der Waals surface area contributed by atoms with E-state index in [2.05, 4.69) is 27.7 Å². The molecular formula is C11H18N6O2. The molecule has 1 heterocycles. The lowest BCUT2D eigenvalue weighted by atomic mass is 10.3. The number of nitro groups is 1. The number of hydrazine groups is 1. The Balaban J connectivity index is 1.98. The Morgan fingerprint density at radius 1 is 1.58 bits per heavy atom. The maximum absolute atomic E-state index is 10.9. The van der Waals surface area contributed by atoms with Crippen LogP contribution in [0, 0.1) is 10.1 Å². The predicted octanol–water partition coefficient (Wildman–Crippen LogP) is 0.781. The van der Waals surface area contributed by atoms with Gasteiger partial charge in [-0.25, -0.2) is 10.8 Å². The molecule has 8 nitrogen and oxygen atoms in total. The smallest absolute Gasteiger partial charge is 0.311 e. The summed E-state index contributed by atoms with van der Waals surface area (Å²) in [4.78, 5) is 16.7. The summed E-state index contributed by atoms with van der Waals surface area (Å²) < 4.78 is 0. The van der Waals surface area contributed by atoms with Crippen molar-refractivity contribution >= 4 is 17.3 Å². The van der Waals surface area contributed by atoms with Gasteiger partial charge in [-0.15, -0.1) is 0 Å². The summed E-state index contributed by atoms with van der Waals surface area (Å²) in [6.45, 7) is 1.43. The van der Waals surface area contributed by atoms with E-state index in [4.69, 9.17) is 5.84 Å². The van der Waals surface area contributed by atoms with E-state index in [-0.39, 0.29) is 11.5 Å². The van der Waals surface area contributed by atoms with Crippen molar-refractivity contribution in [3.05, 3.63) is 22.2 Å². The van der Waals surface area contributed by atoms with Gasteiger partial charge in [-0.05, 0) is 26.0 Å². The normalized spacial score (nSPS) is 14.5. The molecule has 4 N–H and O–H groups in total. The van der Waals surface area contributed by atoms with E-state index in [1.54, 1.807) is 0 Å². The molecule has 0 bridgehead atoms. The van der Waals surface area contributed by atoms with Crippen LogP contribution in [0.2, 0.25) is 0 Å². The molecule has 1 aliphatic carbocycles. The average Bonchev–Trinajstić information content (AvgIpc) is 3.22. The third kappa shape index (κ3) is 3.52. The summed E-state index contributed by atoms with van der Waals surface area (Å²) in [7, 11) is 2.05. The molecule has 8 heteroatoms. The largest absolute Gasteiger partial charge is 0.363 e. The van der Waals surface area contributed by atoms with Crippen molar-refractivity contribution in [2.45, 2.75) is 18.9 Å². The van der Waals surface area contributed by atoms with Gasteiger partial charge in [-0.2, -0.15) is 0 Å². The van der Waals surface area contributed by atoms with Crippen LogP contribution < -0.4 is 16.6 Å². The maximum Gasteiger partial charge on any atom is 0.311 e. The van der Waals surface area contributed by atoms with Gasteiger partial charge in [0.05, 0.1) is 4.92 Å². The summed E-state index contributed by atoms with van der Waals surface area (Å²) in [5, 5.41) is 13.9. The van der Waals surface area contributed by atoms with E-state index >= 15 is 0 Å². The number of hydrogen-bond donors (Lipinski definition) is 3. The van der Waals surface area contributed by atoms with Crippen LogP contribution in [0.1, 0.15) is 12.8 Å². The first kappa shape index (κ1) is 13.5. The van der Waals surface area contributed by atoms with Crippen LogP contribution >= 0.6 is 0 Å². The number of anilines is 2. The van der Waals surface area contributed by atoms with E-state index in [1.165, 1.54) is 25.0 Å². The van der Waals surface area contributed by atoms with Crippen molar-refractivity contribution in [3.63, 3.8) is 0 Å². The summed E-state index contributed by atoms with van der Waals surface area (Å²) >= 11 is 0. The van der Waals surface area contributed by atoms with Crippen LogP contribution in [0.25, 0.3) is 0 Å². The zero-order chi connectivity index (χ0) is 13.8. The highest BCUT2D eigenvalue weighted by molar-refractivity contribution is 5.59. The van der Waals surface area contributed by atoms with Crippen molar-refractivity contribution in [2.75, 3.05) is 30.9 Å². The van der Waals surface area contributed by atoms with E-state index in [9.17, 15) is 10.1 Å². The third-order valence-corrected chi connectivity index (χ3v) is 3.15. The molecule has 1 aromatic rings. The SMILES string of the molecule is CN(CCNc1nc(NN)ccc1[N+](=O)[O-])C1CC1. The fourth-order valence-corrected chi connectivity index (χ4v) is 1.86. The number of pyridine rings is 1. The quantitative estimate of drug-likeness (QED) is 0.380. The molecule has 1 saturated carbocycles. The standard InChI is InChI=1S/C11H18N6O2/c1-16(8-2-3-8)7-6-13-11-9(17(18)19)4-5-10(14-11)15-12/h4-5,8H,2-3,6-7,12H2,1H3,(H2,13,14,15). The van der Waals surface area contributed by atoms with Crippen LogP contribution in [0.15, 0.2) is 12.1 Å². The van der Waals surface area contributed by atoms with Crippen molar-refractivity contribution in [1.82, 2.24) is 9.88 Å². The molecule has 19 heavy (non-hydrogen) atoms. The first-order valence-electron chi connectivity index (χ1n) is 6.18. The van der Waals surface area contributed by atoms with Crippen LogP contribution in [0.5, 0.6) is 0 Å². The Morgan fingerprint density at radius 3 is 2.89 bits per heavy atom. The highest BCUT2D eigenvalue weighted by Crippen LogP contribution is 2.26. The Hall–Kier alpha value is -1.93. The number of hydrogen-bond acceptors (Lipinski definition) is 7. The second-order valence-electron chi connectivity index (χ2n) is 4.60. The Kier molecular flexibility index (Phi) is 4.13. The van der Waals surface area contributed by atoms with Crippen molar-refractivity contribution in [3.8, 4) is 0 Å². The Morgan fingerprint density at radius 2 is 2.32 bits per heavy atom. The molecule has 0 radical (unpaired) electrons. The van der Waals surface area contributed by atoms with Crippen molar-refractivity contribution in [2.24, 2.45) is 5.84 Å². The monoisotopic (exact) mass is 266 g/mol. The van der Waals surface area contributed by atoms with Gasteiger partial charge >= 0.3 is 5.69 Å². The van der Waals surface area contributed by atoms with Crippen molar-refractivity contribution in [1.29, 1.82) is 0 Å². The average molecular weight is 266 g/mol. The van der Waals surface area contributed by atoms with Crippen LogP contribution in [0.4, 0.5) is 17.3 Å².